The van der Waals surface area contributed by atoms with Crippen molar-refractivity contribution >= 4 is 10.0 Å². The Labute approximate surface area is 135 Å². The summed E-state index contributed by atoms with van der Waals surface area (Å²) in [6.07, 6.45) is 3.49. The molecule has 0 aliphatic carbocycles. The van der Waals surface area contributed by atoms with Gasteiger partial charge in [-0.15, -0.1) is 0 Å². The van der Waals surface area contributed by atoms with E-state index in [4.69, 9.17) is 0 Å². The van der Waals surface area contributed by atoms with E-state index in [9.17, 15) is 8.42 Å². The highest BCUT2D eigenvalue weighted by Gasteiger charge is 2.24. The van der Waals surface area contributed by atoms with E-state index >= 15 is 0 Å². The molecular weight excluding hydrogens is 296 g/mol. The summed E-state index contributed by atoms with van der Waals surface area (Å²) in [6.45, 7) is 7.10. The van der Waals surface area contributed by atoms with Gasteiger partial charge in [-0.25, -0.2) is 13.1 Å². The Hall–Kier alpha value is -0.910. The maximum absolute atomic E-state index is 12.3. The van der Waals surface area contributed by atoms with Crippen molar-refractivity contribution in [3.05, 3.63) is 35.9 Å². The van der Waals surface area contributed by atoms with Crippen molar-refractivity contribution < 1.29 is 8.42 Å². The number of nitrogens with zero attached hydrogens (tertiary/aromatic N) is 1. The number of hydrogen-bond donors (Lipinski definition) is 1. The molecule has 5 heteroatoms. The third kappa shape index (κ3) is 5.71. The molecule has 4 nitrogen and oxygen atoms in total. The van der Waals surface area contributed by atoms with E-state index in [-0.39, 0.29) is 5.75 Å². The Kier molecular flexibility index (Phi) is 6.41. The van der Waals surface area contributed by atoms with Gasteiger partial charge in [0.2, 0.25) is 10.0 Å². The Balaban J connectivity index is 1.92. The van der Waals surface area contributed by atoms with Gasteiger partial charge >= 0.3 is 0 Å². The van der Waals surface area contributed by atoms with Crippen LogP contribution in [0, 0.1) is 5.92 Å². The lowest BCUT2D eigenvalue weighted by Crippen LogP contribution is -2.43. The fourth-order valence-electron chi connectivity index (χ4n) is 3.08. The summed E-state index contributed by atoms with van der Waals surface area (Å²) < 4.78 is 27.4. The molecule has 1 fully saturated rings. The highest BCUT2D eigenvalue weighted by atomic mass is 32.2. The SMILES string of the molecule is CC(C)CC(CNS(=O)(=O)Cc1ccccc1)N1CCCC1. The van der Waals surface area contributed by atoms with Crippen LogP contribution in [0.2, 0.25) is 0 Å². The van der Waals surface area contributed by atoms with Crippen LogP contribution in [0.5, 0.6) is 0 Å². The zero-order chi connectivity index (χ0) is 16.0. The van der Waals surface area contributed by atoms with Crippen LogP contribution in [0.1, 0.15) is 38.7 Å². The first-order chi connectivity index (χ1) is 10.5. The first-order valence-corrected chi connectivity index (χ1v) is 9.87. The van der Waals surface area contributed by atoms with Crippen LogP contribution in [0.25, 0.3) is 0 Å². The third-order valence-electron chi connectivity index (χ3n) is 4.14. The summed E-state index contributed by atoms with van der Waals surface area (Å²) in [5.74, 6) is 0.631. The number of sulfonamides is 1. The molecule has 1 aliphatic rings. The molecule has 1 aliphatic heterocycles. The highest BCUT2D eigenvalue weighted by molar-refractivity contribution is 7.88. The molecule has 0 aromatic heterocycles. The number of benzene rings is 1. The molecule has 124 valence electrons. The summed E-state index contributed by atoms with van der Waals surface area (Å²) in [6, 6.07) is 9.66. The molecule has 1 aromatic rings. The monoisotopic (exact) mass is 324 g/mol. The molecule has 2 rings (SSSR count). The Bertz CT molecular complexity index is 537. The van der Waals surface area contributed by atoms with Crippen LogP contribution in [0.3, 0.4) is 0 Å². The van der Waals surface area contributed by atoms with Gasteiger partial charge in [-0.05, 0) is 43.8 Å². The first kappa shape index (κ1) is 17.4. The lowest BCUT2D eigenvalue weighted by Gasteiger charge is -2.29. The molecule has 1 heterocycles. The molecule has 1 atom stereocenters. The standard InChI is InChI=1S/C17H28N2O2S/c1-15(2)12-17(19-10-6-7-11-19)13-18-22(20,21)14-16-8-4-3-5-9-16/h3-5,8-9,15,17-18H,6-7,10-14H2,1-2H3. The van der Waals surface area contributed by atoms with Crippen molar-refractivity contribution in [1.82, 2.24) is 9.62 Å². The average molecular weight is 324 g/mol. The van der Waals surface area contributed by atoms with Gasteiger partial charge in [0.1, 0.15) is 0 Å². The number of rotatable bonds is 8. The molecule has 1 N–H and O–H groups in total. The zero-order valence-electron chi connectivity index (χ0n) is 13.7. The second kappa shape index (κ2) is 8.09. The zero-order valence-corrected chi connectivity index (χ0v) is 14.5. The summed E-state index contributed by atoms with van der Waals surface area (Å²) in [7, 11) is -3.27. The molecule has 0 bridgehead atoms. The predicted molar refractivity (Wildman–Crippen MR) is 91.1 cm³/mol. The molecule has 0 amide bonds. The van der Waals surface area contributed by atoms with E-state index < -0.39 is 10.0 Å². The van der Waals surface area contributed by atoms with Gasteiger partial charge in [0.15, 0.2) is 0 Å². The van der Waals surface area contributed by atoms with Crippen LogP contribution >= 0.6 is 0 Å². The maximum Gasteiger partial charge on any atom is 0.215 e. The molecule has 1 unspecified atom stereocenters. The number of likely N-dealkylation sites (tertiary alicyclic amines) is 1. The second-order valence-electron chi connectivity index (χ2n) is 6.62. The summed E-state index contributed by atoms with van der Waals surface area (Å²) in [4.78, 5) is 2.44. The third-order valence-corrected chi connectivity index (χ3v) is 5.46. The minimum absolute atomic E-state index is 0.0578. The van der Waals surface area contributed by atoms with Crippen LogP contribution < -0.4 is 4.72 Å². The molecule has 1 saturated heterocycles. The molecule has 1 aromatic carbocycles. The van der Waals surface area contributed by atoms with Gasteiger partial charge in [0, 0.05) is 12.6 Å². The number of nitrogens with one attached hydrogen (secondary N) is 1. The topological polar surface area (TPSA) is 49.4 Å². The van der Waals surface area contributed by atoms with Gasteiger partial charge in [-0.2, -0.15) is 0 Å². The summed E-state index contributed by atoms with van der Waals surface area (Å²) >= 11 is 0. The molecule has 0 radical (unpaired) electrons. The normalized spacial score (nSPS) is 18.0. The minimum atomic E-state index is -3.27. The quantitative estimate of drug-likeness (QED) is 0.800. The lowest BCUT2D eigenvalue weighted by atomic mass is 10.0. The van der Waals surface area contributed by atoms with E-state index in [2.05, 4.69) is 23.5 Å². The largest absolute Gasteiger partial charge is 0.299 e. The molecule has 0 saturated carbocycles. The fraction of sp³-hybridized carbons (Fsp3) is 0.647. The van der Waals surface area contributed by atoms with E-state index in [0.717, 1.165) is 25.1 Å². The van der Waals surface area contributed by atoms with Gasteiger partial charge in [-0.1, -0.05) is 44.2 Å². The van der Waals surface area contributed by atoms with Gasteiger partial charge < -0.3 is 0 Å². The minimum Gasteiger partial charge on any atom is -0.299 e. The number of hydrogen-bond acceptors (Lipinski definition) is 3. The molecule has 22 heavy (non-hydrogen) atoms. The van der Waals surface area contributed by atoms with Crippen molar-refractivity contribution in [1.29, 1.82) is 0 Å². The fourth-order valence-corrected chi connectivity index (χ4v) is 4.26. The van der Waals surface area contributed by atoms with Crippen LogP contribution in [0.15, 0.2) is 30.3 Å². The van der Waals surface area contributed by atoms with Gasteiger partial charge in [0.05, 0.1) is 5.75 Å². The van der Waals surface area contributed by atoms with Crippen molar-refractivity contribution in [2.45, 2.75) is 44.9 Å². The predicted octanol–water partition coefficient (Wildman–Crippen LogP) is 2.62. The Morgan fingerprint density at radius 2 is 1.77 bits per heavy atom. The van der Waals surface area contributed by atoms with Gasteiger partial charge in [-0.3, -0.25) is 4.90 Å². The molecular formula is C17H28N2O2S. The first-order valence-electron chi connectivity index (χ1n) is 8.21. The van der Waals surface area contributed by atoms with E-state index in [1.54, 1.807) is 0 Å². The maximum atomic E-state index is 12.3. The van der Waals surface area contributed by atoms with E-state index in [0.29, 0.717) is 18.5 Å². The summed E-state index contributed by atoms with van der Waals surface area (Å²) in [5.41, 5.74) is 0.830. The van der Waals surface area contributed by atoms with Gasteiger partial charge in [0.25, 0.3) is 0 Å². The molecule has 0 spiro atoms. The Morgan fingerprint density at radius 3 is 2.36 bits per heavy atom. The average Bonchev–Trinajstić information content (AvgIpc) is 2.98. The van der Waals surface area contributed by atoms with Crippen molar-refractivity contribution in [2.24, 2.45) is 5.92 Å². The van der Waals surface area contributed by atoms with E-state index in [1.807, 2.05) is 30.3 Å². The van der Waals surface area contributed by atoms with Crippen LogP contribution in [-0.4, -0.2) is 39.0 Å². The Morgan fingerprint density at radius 1 is 1.14 bits per heavy atom. The highest BCUT2D eigenvalue weighted by Crippen LogP contribution is 2.17. The second-order valence-corrected chi connectivity index (χ2v) is 8.43. The van der Waals surface area contributed by atoms with Crippen molar-refractivity contribution in [3.8, 4) is 0 Å². The van der Waals surface area contributed by atoms with Crippen LogP contribution in [-0.2, 0) is 15.8 Å². The smallest absolute Gasteiger partial charge is 0.215 e. The van der Waals surface area contributed by atoms with Crippen LogP contribution in [0.4, 0.5) is 0 Å². The van der Waals surface area contributed by atoms with E-state index in [1.165, 1.54) is 12.8 Å². The van der Waals surface area contributed by atoms with Crippen molar-refractivity contribution in [3.63, 3.8) is 0 Å². The lowest BCUT2D eigenvalue weighted by molar-refractivity contribution is 0.214. The van der Waals surface area contributed by atoms with Crippen molar-refractivity contribution in [2.75, 3.05) is 19.6 Å². The summed E-state index contributed by atoms with van der Waals surface area (Å²) in [5, 5.41) is 0.